The van der Waals surface area contributed by atoms with Gasteiger partial charge in [-0.25, -0.2) is 4.39 Å². The average molecular weight is 540 g/mol. The van der Waals surface area contributed by atoms with Crippen LogP contribution in [0.2, 0.25) is 0 Å². The second-order valence-electron chi connectivity index (χ2n) is 12.2. The van der Waals surface area contributed by atoms with Crippen LogP contribution in [0.25, 0.3) is 32.8 Å². The van der Waals surface area contributed by atoms with Crippen LogP contribution >= 0.6 is 0 Å². The van der Waals surface area contributed by atoms with Gasteiger partial charge in [-0.2, -0.15) is 9.97 Å². The molecule has 4 fully saturated rings. The van der Waals surface area contributed by atoms with Crippen molar-refractivity contribution in [1.82, 2.24) is 20.2 Å². The number of nitrogens with one attached hydrogen (secondary N) is 1. The molecule has 4 aliphatic rings. The van der Waals surface area contributed by atoms with Crippen molar-refractivity contribution in [2.45, 2.75) is 55.9 Å². The van der Waals surface area contributed by atoms with Gasteiger partial charge >= 0.3 is 6.01 Å². The summed E-state index contributed by atoms with van der Waals surface area (Å²) in [5.41, 5.74) is 2.49. The standard InChI is InChI=1S/C32H34FN5O2/c33-22-15-32(10-3-11-38(32)16-22)19-40-31-35-29-13-21(28-14-25(39)12-20-4-1-2-5-26(20)28)6-9-27(29)30(36-31)37-17-23-7-8-24(18-37)34-23/h1-2,4-6,9,12-14,22-24,34,39H,3,7-8,10-11,15-19H2/t22-,23?,24?,32+/m1/s1. The lowest BCUT2D eigenvalue weighted by Crippen LogP contribution is -2.51. The second kappa shape index (κ2) is 9.28. The number of fused-ring (bicyclic) bond motifs is 5. The average Bonchev–Trinajstić information content (AvgIpc) is 3.60. The lowest BCUT2D eigenvalue weighted by atomic mass is 9.95. The fraction of sp³-hybridized carbons (Fsp3) is 0.438. The Labute approximate surface area is 233 Å². The molecule has 4 saturated heterocycles. The van der Waals surface area contributed by atoms with Crippen LogP contribution in [0.5, 0.6) is 11.8 Å². The zero-order valence-electron chi connectivity index (χ0n) is 22.5. The molecule has 8 heteroatoms. The maximum absolute atomic E-state index is 14.4. The number of aromatic hydroxyl groups is 1. The summed E-state index contributed by atoms with van der Waals surface area (Å²) in [6.07, 6.45) is 4.11. The number of aromatic nitrogens is 2. The quantitative estimate of drug-likeness (QED) is 0.368. The summed E-state index contributed by atoms with van der Waals surface area (Å²) >= 11 is 0. The summed E-state index contributed by atoms with van der Waals surface area (Å²) in [4.78, 5) is 14.5. The van der Waals surface area contributed by atoms with Crippen LogP contribution in [0, 0.1) is 0 Å². The van der Waals surface area contributed by atoms with Crippen molar-refractivity contribution in [3.8, 4) is 22.9 Å². The van der Waals surface area contributed by atoms with E-state index >= 15 is 0 Å². The minimum atomic E-state index is -0.798. The van der Waals surface area contributed by atoms with E-state index < -0.39 is 6.17 Å². The topological polar surface area (TPSA) is 73.8 Å². The molecule has 1 aromatic heterocycles. The second-order valence-corrected chi connectivity index (χ2v) is 12.2. The molecule has 3 aromatic carbocycles. The molecule has 206 valence electrons. The number of nitrogens with zero attached hydrogens (tertiary/aromatic N) is 4. The Morgan fingerprint density at radius 3 is 2.73 bits per heavy atom. The number of rotatable bonds is 5. The van der Waals surface area contributed by atoms with Gasteiger partial charge in [-0.1, -0.05) is 30.3 Å². The number of phenolic OH excluding ortho intramolecular Hbond substituents is 1. The van der Waals surface area contributed by atoms with Gasteiger partial charge in [0.25, 0.3) is 0 Å². The highest BCUT2D eigenvalue weighted by molar-refractivity contribution is 6.00. The predicted octanol–water partition coefficient (Wildman–Crippen LogP) is 5.05. The fourth-order valence-electron chi connectivity index (χ4n) is 7.72. The zero-order valence-corrected chi connectivity index (χ0v) is 22.5. The molecule has 2 N–H and O–H groups in total. The van der Waals surface area contributed by atoms with Gasteiger partial charge in [-0.05, 0) is 78.4 Å². The predicted molar refractivity (Wildman–Crippen MR) is 155 cm³/mol. The number of anilines is 1. The molecule has 0 spiro atoms. The summed E-state index contributed by atoms with van der Waals surface area (Å²) in [7, 11) is 0. The molecule has 2 unspecified atom stereocenters. The van der Waals surface area contributed by atoms with Crippen molar-refractivity contribution in [2.24, 2.45) is 0 Å². The van der Waals surface area contributed by atoms with Crippen LogP contribution in [-0.4, -0.2) is 76.6 Å². The van der Waals surface area contributed by atoms with E-state index in [4.69, 9.17) is 14.7 Å². The zero-order chi connectivity index (χ0) is 26.8. The largest absolute Gasteiger partial charge is 0.508 e. The monoisotopic (exact) mass is 539 g/mol. The highest BCUT2D eigenvalue weighted by atomic mass is 19.1. The Morgan fingerprint density at radius 1 is 1.00 bits per heavy atom. The molecule has 5 heterocycles. The van der Waals surface area contributed by atoms with Gasteiger partial charge in [0.15, 0.2) is 0 Å². The number of hydrogen-bond donors (Lipinski definition) is 2. The molecule has 4 atom stereocenters. The van der Waals surface area contributed by atoms with Gasteiger partial charge in [0.1, 0.15) is 24.3 Å². The number of hydrogen-bond acceptors (Lipinski definition) is 7. The van der Waals surface area contributed by atoms with Crippen LogP contribution in [0.3, 0.4) is 0 Å². The smallest absolute Gasteiger partial charge is 0.319 e. The minimum Gasteiger partial charge on any atom is -0.508 e. The third-order valence-corrected chi connectivity index (χ3v) is 9.56. The maximum atomic E-state index is 14.4. The van der Waals surface area contributed by atoms with Crippen LogP contribution in [0.1, 0.15) is 32.1 Å². The van der Waals surface area contributed by atoms with Crippen molar-refractivity contribution >= 4 is 27.5 Å². The Kier molecular flexibility index (Phi) is 5.64. The first-order chi connectivity index (χ1) is 19.5. The molecule has 0 radical (unpaired) electrons. The Morgan fingerprint density at radius 2 is 1.85 bits per heavy atom. The van der Waals surface area contributed by atoms with Crippen molar-refractivity contribution in [2.75, 3.05) is 37.7 Å². The molecule has 0 saturated carbocycles. The summed E-state index contributed by atoms with van der Waals surface area (Å²) in [6, 6.07) is 19.3. The summed E-state index contributed by atoms with van der Waals surface area (Å²) < 4.78 is 20.8. The number of phenols is 1. The summed E-state index contributed by atoms with van der Waals surface area (Å²) in [5.74, 6) is 1.14. The number of benzene rings is 3. The van der Waals surface area contributed by atoms with Crippen LogP contribution < -0.4 is 15.0 Å². The fourth-order valence-corrected chi connectivity index (χ4v) is 7.72. The molecule has 0 aliphatic carbocycles. The molecular formula is C32H34FN5O2. The first-order valence-electron chi connectivity index (χ1n) is 14.6. The highest BCUT2D eigenvalue weighted by Gasteiger charge is 2.49. The first kappa shape index (κ1) is 24.3. The highest BCUT2D eigenvalue weighted by Crippen LogP contribution is 2.41. The first-order valence-corrected chi connectivity index (χ1v) is 14.6. The Hall–Kier alpha value is -3.49. The van der Waals surface area contributed by atoms with E-state index in [2.05, 4.69) is 39.4 Å². The molecule has 0 amide bonds. The van der Waals surface area contributed by atoms with E-state index in [9.17, 15) is 9.50 Å². The number of alkyl halides is 1. The number of halogens is 1. The van der Waals surface area contributed by atoms with Crippen molar-refractivity contribution in [3.05, 3.63) is 54.6 Å². The van der Waals surface area contributed by atoms with E-state index in [0.29, 0.717) is 37.7 Å². The molecular weight excluding hydrogens is 505 g/mol. The number of ether oxygens (including phenoxy) is 1. The van der Waals surface area contributed by atoms with Crippen LogP contribution in [0.15, 0.2) is 54.6 Å². The molecule has 4 aliphatic heterocycles. The van der Waals surface area contributed by atoms with Crippen LogP contribution in [0.4, 0.5) is 10.2 Å². The molecule has 4 aromatic rings. The van der Waals surface area contributed by atoms with E-state index in [1.165, 1.54) is 12.8 Å². The SMILES string of the molecule is Oc1cc(-c2ccc3c(N4CC5CCC(C4)N5)nc(OC[C@@]45CCCN4C[C@H](F)C5)nc3c2)c2ccccc2c1. The lowest BCUT2D eigenvalue weighted by molar-refractivity contribution is 0.107. The van der Waals surface area contributed by atoms with Crippen molar-refractivity contribution in [1.29, 1.82) is 0 Å². The lowest BCUT2D eigenvalue weighted by Gasteiger charge is -2.34. The van der Waals surface area contributed by atoms with E-state index in [-0.39, 0.29) is 11.3 Å². The normalized spacial score (nSPS) is 28.0. The van der Waals surface area contributed by atoms with Gasteiger partial charge in [0.05, 0.1) is 11.1 Å². The Bertz CT molecular complexity index is 1600. The summed E-state index contributed by atoms with van der Waals surface area (Å²) in [5, 5.41) is 17.3. The van der Waals surface area contributed by atoms with E-state index in [1.807, 2.05) is 24.3 Å². The van der Waals surface area contributed by atoms with Gasteiger partial charge in [-0.15, -0.1) is 0 Å². The van der Waals surface area contributed by atoms with Crippen molar-refractivity contribution < 1.29 is 14.2 Å². The molecule has 2 bridgehead atoms. The van der Waals surface area contributed by atoms with Crippen molar-refractivity contribution in [3.63, 3.8) is 0 Å². The number of piperazine rings is 1. The van der Waals surface area contributed by atoms with Gasteiger partial charge < -0.3 is 20.1 Å². The van der Waals surface area contributed by atoms with Gasteiger partial charge in [0, 0.05) is 43.5 Å². The van der Waals surface area contributed by atoms with Crippen LogP contribution in [-0.2, 0) is 0 Å². The third-order valence-electron chi connectivity index (χ3n) is 9.56. The third kappa shape index (κ3) is 4.08. The minimum absolute atomic E-state index is 0.237. The van der Waals surface area contributed by atoms with E-state index in [0.717, 1.165) is 71.1 Å². The van der Waals surface area contributed by atoms with Gasteiger partial charge in [-0.3, -0.25) is 4.90 Å². The summed E-state index contributed by atoms with van der Waals surface area (Å²) in [6.45, 7) is 3.64. The maximum Gasteiger partial charge on any atom is 0.319 e. The molecule has 7 nitrogen and oxygen atoms in total. The Balaban J connectivity index is 1.21. The van der Waals surface area contributed by atoms with Gasteiger partial charge in [0.2, 0.25) is 0 Å². The molecule has 40 heavy (non-hydrogen) atoms. The van der Waals surface area contributed by atoms with E-state index in [1.54, 1.807) is 6.07 Å². The molecule has 8 rings (SSSR count).